The maximum absolute atomic E-state index is 11.8. The van der Waals surface area contributed by atoms with E-state index in [1.807, 2.05) is 66.7 Å². The van der Waals surface area contributed by atoms with Gasteiger partial charge in [0.2, 0.25) is 5.91 Å². The van der Waals surface area contributed by atoms with E-state index in [0.717, 1.165) is 23.3 Å². The highest BCUT2D eigenvalue weighted by molar-refractivity contribution is 5.78. The van der Waals surface area contributed by atoms with Gasteiger partial charge in [-0.3, -0.25) is 4.79 Å². The van der Waals surface area contributed by atoms with E-state index < -0.39 is 0 Å². The van der Waals surface area contributed by atoms with E-state index in [9.17, 15) is 4.79 Å². The highest BCUT2D eigenvalue weighted by Gasteiger charge is 1.99. The molecule has 3 heteroatoms. The van der Waals surface area contributed by atoms with E-state index in [-0.39, 0.29) is 5.91 Å². The molecule has 2 aromatic rings. The Hall–Kier alpha value is -2.55. The summed E-state index contributed by atoms with van der Waals surface area (Å²) in [7, 11) is 1.65. The Morgan fingerprint density at radius 1 is 1.14 bits per heavy atom. The molecule has 2 aromatic carbocycles. The zero-order valence-corrected chi connectivity index (χ0v) is 12.8. The number of nitrogens with one attached hydrogen (secondary N) is 1. The third kappa shape index (κ3) is 5.44. The molecule has 0 radical (unpaired) electrons. The highest BCUT2D eigenvalue weighted by Crippen LogP contribution is 2.12. The topological polar surface area (TPSA) is 38.3 Å². The summed E-state index contributed by atoms with van der Waals surface area (Å²) in [5.74, 6) is 0.879. The number of ether oxygens (including phenoxy) is 1. The second kappa shape index (κ2) is 8.67. The zero-order chi connectivity index (χ0) is 15.6. The van der Waals surface area contributed by atoms with Crippen LogP contribution in [0.5, 0.6) is 5.75 Å². The molecule has 0 fully saturated rings. The third-order valence-corrected chi connectivity index (χ3v) is 3.28. The van der Waals surface area contributed by atoms with Gasteiger partial charge < -0.3 is 10.1 Å². The van der Waals surface area contributed by atoms with Gasteiger partial charge in [-0.1, -0.05) is 54.6 Å². The molecule has 0 saturated carbocycles. The molecular formula is C19H21NO2. The van der Waals surface area contributed by atoms with Crippen molar-refractivity contribution in [1.29, 1.82) is 0 Å². The van der Waals surface area contributed by atoms with Crippen LogP contribution in [0.25, 0.3) is 6.08 Å². The zero-order valence-electron chi connectivity index (χ0n) is 12.8. The number of amides is 1. The number of benzene rings is 2. The maximum atomic E-state index is 11.8. The highest BCUT2D eigenvalue weighted by atomic mass is 16.5. The average Bonchev–Trinajstić information content (AvgIpc) is 2.56. The van der Waals surface area contributed by atoms with Gasteiger partial charge in [0.15, 0.2) is 0 Å². The van der Waals surface area contributed by atoms with Crippen molar-refractivity contribution in [2.45, 2.75) is 12.8 Å². The number of rotatable bonds is 7. The fraction of sp³-hybridized carbons (Fsp3) is 0.211. The van der Waals surface area contributed by atoms with Gasteiger partial charge in [0.05, 0.1) is 7.11 Å². The van der Waals surface area contributed by atoms with Gasteiger partial charge in [0.1, 0.15) is 5.75 Å². The molecule has 0 bridgehead atoms. The Balaban J connectivity index is 1.70. The van der Waals surface area contributed by atoms with E-state index in [0.29, 0.717) is 13.0 Å². The van der Waals surface area contributed by atoms with Crippen LogP contribution >= 0.6 is 0 Å². The average molecular weight is 295 g/mol. The fourth-order valence-electron chi connectivity index (χ4n) is 2.11. The second-order valence-corrected chi connectivity index (χ2v) is 4.97. The quantitative estimate of drug-likeness (QED) is 0.849. The maximum Gasteiger partial charge on any atom is 0.223 e. The van der Waals surface area contributed by atoms with Gasteiger partial charge in [-0.2, -0.15) is 0 Å². The van der Waals surface area contributed by atoms with Crippen LogP contribution in [0.15, 0.2) is 60.7 Å². The minimum absolute atomic E-state index is 0.0371. The third-order valence-electron chi connectivity index (χ3n) is 3.28. The van der Waals surface area contributed by atoms with Crippen LogP contribution in [0, 0.1) is 0 Å². The Bertz CT molecular complexity index is 620. The molecule has 0 atom stereocenters. The summed E-state index contributed by atoms with van der Waals surface area (Å²) >= 11 is 0. The molecular weight excluding hydrogens is 274 g/mol. The lowest BCUT2D eigenvalue weighted by Gasteiger charge is -2.05. The Kier molecular flexibility index (Phi) is 6.24. The molecule has 0 saturated heterocycles. The summed E-state index contributed by atoms with van der Waals surface area (Å²) in [6, 6.07) is 17.8. The molecule has 0 spiro atoms. The molecule has 0 aliphatic rings. The number of carbonyl (C=O) groups is 1. The van der Waals surface area contributed by atoms with Crippen LogP contribution < -0.4 is 10.1 Å². The van der Waals surface area contributed by atoms with Gasteiger partial charge in [-0.25, -0.2) is 0 Å². The van der Waals surface area contributed by atoms with Gasteiger partial charge in [0.25, 0.3) is 0 Å². The Morgan fingerprint density at radius 3 is 2.73 bits per heavy atom. The van der Waals surface area contributed by atoms with Crippen LogP contribution in [-0.2, 0) is 11.2 Å². The molecule has 2 rings (SSSR count). The number of carbonyl (C=O) groups excluding carboxylic acids is 1. The summed E-state index contributed by atoms with van der Waals surface area (Å²) in [5, 5.41) is 2.92. The van der Waals surface area contributed by atoms with Gasteiger partial charge in [0, 0.05) is 13.0 Å². The molecule has 0 aliphatic carbocycles. The van der Waals surface area contributed by atoms with Crippen LogP contribution in [-0.4, -0.2) is 19.6 Å². The van der Waals surface area contributed by atoms with E-state index >= 15 is 0 Å². The van der Waals surface area contributed by atoms with Crippen molar-refractivity contribution in [1.82, 2.24) is 5.32 Å². The van der Waals surface area contributed by atoms with E-state index in [2.05, 4.69) is 5.32 Å². The van der Waals surface area contributed by atoms with Crippen molar-refractivity contribution < 1.29 is 9.53 Å². The first-order valence-electron chi connectivity index (χ1n) is 7.39. The molecule has 114 valence electrons. The van der Waals surface area contributed by atoms with Crippen molar-refractivity contribution in [3.8, 4) is 5.75 Å². The number of methoxy groups -OCH3 is 1. The predicted octanol–water partition coefficient (Wildman–Crippen LogP) is 3.46. The fourth-order valence-corrected chi connectivity index (χ4v) is 2.11. The normalized spacial score (nSPS) is 10.6. The van der Waals surface area contributed by atoms with Crippen molar-refractivity contribution in [2.24, 2.45) is 0 Å². The van der Waals surface area contributed by atoms with Crippen molar-refractivity contribution in [2.75, 3.05) is 13.7 Å². The van der Waals surface area contributed by atoms with E-state index in [1.54, 1.807) is 7.11 Å². The summed E-state index contributed by atoms with van der Waals surface area (Å²) in [4.78, 5) is 11.8. The van der Waals surface area contributed by atoms with Crippen LogP contribution in [0.2, 0.25) is 0 Å². The predicted molar refractivity (Wildman–Crippen MR) is 89.8 cm³/mol. The van der Waals surface area contributed by atoms with E-state index in [1.165, 1.54) is 0 Å². The first kappa shape index (κ1) is 15.8. The molecule has 0 unspecified atom stereocenters. The SMILES string of the molecule is COc1cccc(CCNC(=O)C/C=C/c2ccccc2)c1. The number of hydrogen-bond donors (Lipinski definition) is 1. The monoisotopic (exact) mass is 295 g/mol. The molecule has 3 nitrogen and oxygen atoms in total. The van der Waals surface area contributed by atoms with Crippen LogP contribution in [0.1, 0.15) is 17.5 Å². The lowest BCUT2D eigenvalue weighted by Crippen LogP contribution is -2.24. The molecule has 1 amide bonds. The molecule has 0 aliphatic heterocycles. The summed E-state index contributed by atoms with van der Waals surface area (Å²) in [6.07, 6.45) is 5.04. The van der Waals surface area contributed by atoms with Gasteiger partial charge >= 0.3 is 0 Å². The van der Waals surface area contributed by atoms with Crippen LogP contribution in [0.4, 0.5) is 0 Å². The van der Waals surface area contributed by atoms with Crippen molar-refractivity contribution in [3.05, 3.63) is 71.8 Å². The second-order valence-electron chi connectivity index (χ2n) is 4.97. The molecule has 1 N–H and O–H groups in total. The lowest BCUT2D eigenvalue weighted by atomic mass is 10.1. The minimum atomic E-state index is 0.0371. The Morgan fingerprint density at radius 2 is 1.95 bits per heavy atom. The smallest absolute Gasteiger partial charge is 0.223 e. The van der Waals surface area contributed by atoms with Crippen molar-refractivity contribution in [3.63, 3.8) is 0 Å². The van der Waals surface area contributed by atoms with Crippen molar-refractivity contribution >= 4 is 12.0 Å². The molecule has 0 heterocycles. The van der Waals surface area contributed by atoms with Gasteiger partial charge in [-0.15, -0.1) is 0 Å². The minimum Gasteiger partial charge on any atom is -0.497 e. The van der Waals surface area contributed by atoms with E-state index in [4.69, 9.17) is 4.74 Å². The first-order valence-corrected chi connectivity index (χ1v) is 7.39. The first-order chi connectivity index (χ1) is 10.8. The summed E-state index contributed by atoms with van der Waals surface area (Å²) < 4.78 is 5.18. The number of hydrogen-bond acceptors (Lipinski definition) is 2. The standard InChI is InChI=1S/C19H21NO2/c1-22-18-11-5-10-17(15-18)13-14-20-19(21)12-6-9-16-7-3-2-4-8-16/h2-11,15H,12-14H2,1H3,(H,20,21)/b9-6+. The molecule has 0 aromatic heterocycles. The molecule has 22 heavy (non-hydrogen) atoms. The Labute approximate surface area is 131 Å². The summed E-state index contributed by atoms with van der Waals surface area (Å²) in [5.41, 5.74) is 2.26. The lowest BCUT2D eigenvalue weighted by molar-refractivity contribution is -0.120. The van der Waals surface area contributed by atoms with Crippen LogP contribution in [0.3, 0.4) is 0 Å². The largest absolute Gasteiger partial charge is 0.497 e. The van der Waals surface area contributed by atoms with Gasteiger partial charge in [-0.05, 0) is 29.7 Å². The summed E-state index contributed by atoms with van der Waals surface area (Å²) in [6.45, 7) is 0.630.